The van der Waals surface area contributed by atoms with Gasteiger partial charge in [0, 0.05) is 12.1 Å². The van der Waals surface area contributed by atoms with E-state index in [2.05, 4.69) is 127 Å². The van der Waals surface area contributed by atoms with Gasteiger partial charge in [0.05, 0.1) is 17.1 Å². The Balaban J connectivity index is 1.39. The summed E-state index contributed by atoms with van der Waals surface area (Å²) < 4.78 is 0. The number of allylic oxidation sites excluding steroid dienone is 1. The smallest absolute Gasteiger partial charge is 0.0859 e. The number of hydrogen-bond donors (Lipinski definition) is 0. The maximum Gasteiger partial charge on any atom is 0.0859 e. The third-order valence-electron chi connectivity index (χ3n) is 8.29. The molecule has 2 nitrogen and oxygen atoms in total. The Morgan fingerprint density at radius 1 is 0.714 bits per heavy atom. The molecule has 0 radical (unpaired) electrons. The number of fused-ring (bicyclic) bond motifs is 5. The van der Waals surface area contributed by atoms with Crippen molar-refractivity contribution < 1.29 is 0 Å². The highest BCUT2D eigenvalue weighted by atomic mass is 15.2. The maximum absolute atomic E-state index is 4.36. The molecule has 0 saturated carbocycles. The van der Waals surface area contributed by atoms with Gasteiger partial charge in [-0.2, -0.15) is 0 Å². The van der Waals surface area contributed by atoms with Crippen molar-refractivity contribution in [2.24, 2.45) is 4.99 Å². The minimum absolute atomic E-state index is 0.754. The van der Waals surface area contributed by atoms with Crippen molar-refractivity contribution >= 4 is 46.7 Å². The average Bonchev–Trinajstić information content (AvgIpc) is 3.05. The van der Waals surface area contributed by atoms with Crippen LogP contribution in [-0.4, -0.2) is 6.72 Å². The summed E-state index contributed by atoms with van der Waals surface area (Å²) in [5, 5.41) is 4.63. The van der Waals surface area contributed by atoms with Crippen LogP contribution in [0.15, 0.2) is 145 Å². The number of rotatable bonds is 5. The molecule has 1 aliphatic heterocycles. The molecule has 0 aliphatic carbocycles. The van der Waals surface area contributed by atoms with Crippen molar-refractivity contribution in [1.29, 1.82) is 0 Å². The van der Waals surface area contributed by atoms with Crippen LogP contribution in [0, 0.1) is 0 Å². The van der Waals surface area contributed by atoms with Crippen LogP contribution < -0.4 is 15.3 Å². The Hall–Kier alpha value is -5.47. The summed E-state index contributed by atoms with van der Waals surface area (Å²) >= 11 is 0. The first-order valence-corrected chi connectivity index (χ1v) is 14.2. The highest BCUT2D eigenvalue weighted by Crippen LogP contribution is 2.48. The molecule has 1 aliphatic rings. The van der Waals surface area contributed by atoms with E-state index in [-0.39, 0.29) is 0 Å². The Morgan fingerprint density at radius 2 is 1.45 bits per heavy atom. The molecule has 0 unspecified atom stereocenters. The molecular weight excluding hydrogens is 508 g/mol. The van der Waals surface area contributed by atoms with Crippen LogP contribution in [0.5, 0.6) is 0 Å². The molecule has 0 amide bonds. The van der Waals surface area contributed by atoms with Gasteiger partial charge in [-0.1, -0.05) is 128 Å². The first-order valence-electron chi connectivity index (χ1n) is 14.2. The normalized spacial score (nSPS) is 12.8. The van der Waals surface area contributed by atoms with Gasteiger partial charge in [0.15, 0.2) is 0 Å². The van der Waals surface area contributed by atoms with E-state index in [0.29, 0.717) is 0 Å². The van der Waals surface area contributed by atoms with Crippen LogP contribution in [0.4, 0.5) is 17.1 Å². The number of hydrogen-bond acceptors (Lipinski definition) is 2. The predicted octanol–water partition coefficient (Wildman–Crippen LogP) is 8.95. The molecular formula is C40H30N2. The highest BCUT2D eigenvalue weighted by Gasteiger charge is 2.26. The largest absolute Gasteiger partial charge is 0.335 e. The van der Waals surface area contributed by atoms with Gasteiger partial charge in [-0.3, -0.25) is 4.99 Å². The van der Waals surface area contributed by atoms with Crippen LogP contribution in [0.25, 0.3) is 45.2 Å². The zero-order chi connectivity index (χ0) is 28.6. The summed E-state index contributed by atoms with van der Waals surface area (Å²) in [6.45, 7) is 12.9. The molecule has 0 saturated heterocycles. The molecule has 0 aromatic heterocycles. The van der Waals surface area contributed by atoms with Crippen LogP contribution in [0.2, 0.25) is 0 Å². The fourth-order valence-corrected chi connectivity index (χ4v) is 6.22. The van der Waals surface area contributed by atoms with Gasteiger partial charge in [-0.05, 0) is 79.5 Å². The quantitative estimate of drug-likeness (QED) is 0.200. The van der Waals surface area contributed by atoms with Gasteiger partial charge in [0.2, 0.25) is 0 Å². The lowest BCUT2D eigenvalue weighted by Gasteiger charge is -2.34. The first-order chi connectivity index (χ1) is 20.7. The minimum atomic E-state index is 0.754. The van der Waals surface area contributed by atoms with E-state index in [1.807, 2.05) is 36.4 Å². The molecule has 200 valence electrons. The molecule has 2 heteroatoms. The Labute approximate surface area is 246 Å². The zero-order valence-corrected chi connectivity index (χ0v) is 23.4. The second-order valence-electron chi connectivity index (χ2n) is 10.6. The second-order valence-corrected chi connectivity index (χ2v) is 10.6. The topological polar surface area (TPSA) is 15.6 Å². The Kier molecular flexibility index (Phi) is 6.37. The number of aliphatic imine (C=N–C) groups is 1. The van der Waals surface area contributed by atoms with E-state index in [9.17, 15) is 0 Å². The third-order valence-corrected chi connectivity index (χ3v) is 8.29. The first kappa shape index (κ1) is 25.5. The lowest BCUT2D eigenvalue weighted by atomic mass is 9.87. The van der Waals surface area contributed by atoms with Crippen molar-refractivity contribution in [1.82, 2.24) is 0 Å². The number of para-hydroxylation sites is 2. The molecule has 0 atom stereocenters. The highest BCUT2D eigenvalue weighted by molar-refractivity contribution is 6.04. The van der Waals surface area contributed by atoms with E-state index in [4.69, 9.17) is 0 Å². The summed E-state index contributed by atoms with van der Waals surface area (Å²) in [6, 6.07) is 45.2. The van der Waals surface area contributed by atoms with E-state index >= 15 is 0 Å². The van der Waals surface area contributed by atoms with Gasteiger partial charge in [-0.15, -0.1) is 0 Å². The summed E-state index contributed by atoms with van der Waals surface area (Å²) in [5.74, 6) is 0. The van der Waals surface area contributed by atoms with Gasteiger partial charge in [0.1, 0.15) is 0 Å². The molecule has 0 N–H and O–H groups in total. The monoisotopic (exact) mass is 538 g/mol. The fourth-order valence-electron chi connectivity index (χ4n) is 6.22. The Bertz CT molecular complexity index is 2120. The van der Waals surface area contributed by atoms with Gasteiger partial charge in [-0.25, -0.2) is 0 Å². The maximum atomic E-state index is 4.36. The summed E-state index contributed by atoms with van der Waals surface area (Å²) in [6.07, 6.45) is 1.92. The van der Waals surface area contributed by atoms with Crippen molar-refractivity contribution in [3.63, 3.8) is 0 Å². The van der Waals surface area contributed by atoms with Crippen molar-refractivity contribution in [2.75, 3.05) is 4.90 Å². The molecule has 6 aromatic carbocycles. The second kappa shape index (κ2) is 10.5. The number of nitrogens with zero attached hydrogens (tertiary/aromatic N) is 2. The fraction of sp³-hybridized carbons (Fsp3) is 0.0250. The number of anilines is 2. The van der Waals surface area contributed by atoms with Gasteiger partial charge >= 0.3 is 0 Å². The Morgan fingerprint density at radius 3 is 2.26 bits per heavy atom. The molecule has 1 heterocycles. The summed E-state index contributed by atoms with van der Waals surface area (Å²) in [7, 11) is 0. The summed E-state index contributed by atoms with van der Waals surface area (Å²) in [4.78, 5) is 6.74. The van der Waals surface area contributed by atoms with Crippen LogP contribution in [-0.2, 0) is 6.54 Å². The van der Waals surface area contributed by atoms with E-state index in [0.717, 1.165) is 50.6 Å². The molecule has 0 bridgehead atoms. The van der Waals surface area contributed by atoms with Crippen molar-refractivity contribution in [2.45, 2.75) is 6.54 Å². The lowest BCUT2D eigenvalue weighted by molar-refractivity contribution is 0.964. The van der Waals surface area contributed by atoms with E-state index < -0.39 is 0 Å². The molecule has 7 rings (SSSR count). The van der Waals surface area contributed by atoms with Crippen LogP contribution in [0.1, 0.15) is 11.1 Å². The predicted molar refractivity (Wildman–Crippen MR) is 180 cm³/mol. The molecule has 0 spiro atoms. The van der Waals surface area contributed by atoms with E-state index in [1.54, 1.807) is 0 Å². The molecule has 0 fully saturated rings. The zero-order valence-electron chi connectivity index (χ0n) is 23.4. The average molecular weight is 539 g/mol. The van der Waals surface area contributed by atoms with Gasteiger partial charge < -0.3 is 4.90 Å². The van der Waals surface area contributed by atoms with E-state index in [1.165, 1.54) is 33.2 Å². The van der Waals surface area contributed by atoms with Crippen molar-refractivity contribution in [3.8, 4) is 22.3 Å². The van der Waals surface area contributed by atoms with Crippen LogP contribution in [0.3, 0.4) is 0 Å². The van der Waals surface area contributed by atoms with Gasteiger partial charge in [0.25, 0.3) is 0 Å². The summed E-state index contributed by atoms with van der Waals surface area (Å²) in [5.41, 5.74) is 11.5. The van der Waals surface area contributed by atoms with Crippen molar-refractivity contribution in [3.05, 3.63) is 162 Å². The third kappa shape index (κ3) is 4.25. The molecule has 6 aromatic rings. The minimum Gasteiger partial charge on any atom is -0.335 e. The number of benzene rings is 6. The standard InChI is InChI=1S/C40H30N2/c1-4-33(34-13-7-5-11-27(34)2)30-19-17-28(18-20-30)31-23-24-36-39(25-31)42(38-16-10-9-15-37(38)41-3)26-32-22-21-29-12-6-8-14-35(29)40(32)36/h4-25H,1-3,26H2/b34-33+. The SMILES string of the molecule is C=C/C(c1ccc(-c2ccc3c(c2)N(c2ccccc2N=C)Cc2ccc4ccccc4c2-3)cc1)=c1/ccccc1=C. The lowest BCUT2D eigenvalue weighted by Crippen LogP contribution is -2.24. The van der Waals surface area contributed by atoms with Crippen LogP contribution >= 0.6 is 0 Å². The molecule has 42 heavy (non-hydrogen) atoms.